The Kier molecular flexibility index (Phi) is 9.11. The summed E-state index contributed by atoms with van der Waals surface area (Å²) >= 11 is 1.42. The average molecular weight is 552 g/mol. The molecule has 8 nitrogen and oxygen atoms in total. The zero-order chi connectivity index (χ0) is 28.1. The second kappa shape index (κ2) is 11.7. The number of nitrogens with zero attached hydrogens (tertiary/aromatic N) is 3. The number of anilines is 2. The second-order valence-electron chi connectivity index (χ2n) is 10.2. The number of thiazole rings is 1. The summed E-state index contributed by atoms with van der Waals surface area (Å²) in [6, 6.07) is 8.01. The van der Waals surface area contributed by atoms with Gasteiger partial charge in [0.25, 0.3) is 0 Å². The van der Waals surface area contributed by atoms with E-state index < -0.39 is 28.9 Å². The highest BCUT2D eigenvalue weighted by atomic mass is 32.1. The van der Waals surface area contributed by atoms with Crippen molar-refractivity contribution in [1.82, 2.24) is 20.3 Å². The minimum Gasteiger partial charge on any atom is -0.481 e. The van der Waals surface area contributed by atoms with Gasteiger partial charge in [-0.1, -0.05) is 12.1 Å². The number of hydrogen-bond acceptors (Lipinski definition) is 8. The van der Waals surface area contributed by atoms with Gasteiger partial charge >= 0.3 is 12.1 Å². The molecule has 0 aliphatic carbocycles. The fraction of sp³-hybridized carbons (Fsp3) is 0.462. The van der Waals surface area contributed by atoms with Crippen molar-refractivity contribution < 1.29 is 28.2 Å². The minimum atomic E-state index is -4.54. The molecule has 0 radical (unpaired) electrons. The van der Waals surface area contributed by atoms with E-state index in [9.17, 15) is 23.1 Å². The van der Waals surface area contributed by atoms with Crippen LogP contribution in [0.3, 0.4) is 0 Å². The number of rotatable bonds is 5. The minimum absolute atomic E-state index is 0.134. The van der Waals surface area contributed by atoms with Gasteiger partial charge in [0.2, 0.25) is 5.95 Å². The number of halogens is 3. The van der Waals surface area contributed by atoms with Crippen LogP contribution in [0.15, 0.2) is 42.7 Å². The van der Waals surface area contributed by atoms with Gasteiger partial charge in [-0.15, -0.1) is 11.3 Å². The lowest BCUT2D eigenvalue weighted by atomic mass is 9.82. The third-order valence-electron chi connectivity index (χ3n) is 6.06. The zero-order valence-corrected chi connectivity index (χ0v) is 22.5. The Morgan fingerprint density at radius 3 is 2.37 bits per heavy atom. The van der Waals surface area contributed by atoms with Gasteiger partial charge < -0.3 is 20.8 Å². The molecule has 0 bridgehead atoms. The molecule has 3 heterocycles. The van der Waals surface area contributed by atoms with E-state index in [2.05, 4.69) is 25.6 Å². The second-order valence-corrected chi connectivity index (χ2v) is 11.3. The van der Waals surface area contributed by atoms with E-state index in [0.717, 1.165) is 48.6 Å². The molecule has 12 heteroatoms. The molecule has 0 amide bonds. The van der Waals surface area contributed by atoms with Crippen LogP contribution in [0.1, 0.15) is 51.2 Å². The van der Waals surface area contributed by atoms with Crippen molar-refractivity contribution in [1.29, 1.82) is 0 Å². The van der Waals surface area contributed by atoms with Crippen LogP contribution in [0.5, 0.6) is 0 Å². The van der Waals surface area contributed by atoms with Crippen LogP contribution in [0, 0.1) is 11.3 Å². The summed E-state index contributed by atoms with van der Waals surface area (Å²) in [6.45, 7) is 8.56. The van der Waals surface area contributed by atoms with E-state index in [1.807, 2.05) is 13.0 Å². The quantitative estimate of drug-likeness (QED) is 0.319. The summed E-state index contributed by atoms with van der Waals surface area (Å²) in [5.74, 6) is -0.753. The van der Waals surface area contributed by atoms with Crippen LogP contribution in [-0.4, -0.2) is 44.2 Å². The highest BCUT2D eigenvalue weighted by Crippen LogP contribution is 2.39. The summed E-state index contributed by atoms with van der Waals surface area (Å²) in [7, 11) is 0. The maximum atomic E-state index is 12.9. The standard InChI is InChI=1S/C21H22F3N5OS.C5H10O2/c1-20(30,14-5-8-25-9-6-14)18-27-12-16(31-18)13-3-2-4-15(11-13)28-19-26-10-7-17(29-19)21(22,23)24;1-5(2,3)4(6)7/h2-4,7,10-12,14,25,30H,5-6,8-9H2,1H3,(H,26,28,29);1-3H3,(H,6,7). The van der Waals surface area contributed by atoms with Crippen molar-refractivity contribution in [2.24, 2.45) is 11.3 Å². The summed E-state index contributed by atoms with van der Waals surface area (Å²) in [4.78, 5) is 22.8. The molecule has 4 rings (SSSR count). The number of aromatic nitrogens is 3. The molecule has 1 unspecified atom stereocenters. The van der Waals surface area contributed by atoms with Crippen molar-refractivity contribution >= 4 is 28.9 Å². The Bertz CT molecular complexity index is 1240. The number of benzene rings is 1. The summed E-state index contributed by atoms with van der Waals surface area (Å²) in [5, 5.41) is 26.1. The first-order valence-electron chi connectivity index (χ1n) is 12.1. The lowest BCUT2D eigenvalue weighted by molar-refractivity contribution is -0.146. The van der Waals surface area contributed by atoms with Crippen LogP contribution < -0.4 is 10.6 Å². The number of aliphatic carboxylic acids is 1. The maximum Gasteiger partial charge on any atom is 0.433 e. The van der Waals surface area contributed by atoms with Gasteiger partial charge in [-0.25, -0.2) is 15.0 Å². The Morgan fingerprint density at radius 1 is 1.11 bits per heavy atom. The highest BCUT2D eigenvalue weighted by Gasteiger charge is 2.37. The van der Waals surface area contributed by atoms with Gasteiger partial charge in [-0.2, -0.15) is 13.2 Å². The highest BCUT2D eigenvalue weighted by molar-refractivity contribution is 7.15. The van der Waals surface area contributed by atoms with Crippen LogP contribution in [0.25, 0.3) is 10.4 Å². The van der Waals surface area contributed by atoms with E-state index >= 15 is 0 Å². The molecule has 1 aromatic carbocycles. The van der Waals surface area contributed by atoms with Crippen LogP contribution in [0.2, 0.25) is 0 Å². The molecule has 2 aromatic heterocycles. The molecule has 3 aromatic rings. The normalized spacial score (nSPS) is 16.2. The van der Waals surface area contributed by atoms with E-state index in [1.165, 1.54) is 11.3 Å². The number of nitrogens with one attached hydrogen (secondary N) is 2. The summed E-state index contributed by atoms with van der Waals surface area (Å²) in [5.41, 5.74) is -1.21. The van der Waals surface area contributed by atoms with E-state index in [1.54, 1.807) is 45.2 Å². The van der Waals surface area contributed by atoms with Crippen molar-refractivity contribution in [3.05, 3.63) is 53.4 Å². The fourth-order valence-electron chi connectivity index (χ4n) is 3.66. The number of alkyl halides is 3. The Labute approximate surface area is 223 Å². The predicted octanol–water partition coefficient (Wildman–Crippen LogP) is 5.69. The average Bonchev–Trinajstić information content (AvgIpc) is 3.36. The van der Waals surface area contributed by atoms with Crippen molar-refractivity contribution in [3.8, 4) is 10.4 Å². The van der Waals surface area contributed by atoms with Gasteiger partial charge in [-0.3, -0.25) is 4.79 Å². The van der Waals surface area contributed by atoms with Gasteiger partial charge in [0.15, 0.2) is 0 Å². The van der Waals surface area contributed by atoms with Crippen molar-refractivity contribution in [3.63, 3.8) is 0 Å². The number of piperidine rings is 1. The largest absolute Gasteiger partial charge is 0.481 e. The first-order valence-corrected chi connectivity index (χ1v) is 12.9. The molecule has 0 spiro atoms. The van der Waals surface area contributed by atoms with Gasteiger partial charge in [0.05, 0.1) is 10.3 Å². The smallest absolute Gasteiger partial charge is 0.433 e. The molecular formula is C26H32F3N5O3S. The molecule has 1 atom stereocenters. The molecule has 1 aliphatic heterocycles. The number of carboxylic acid groups (broad SMARTS) is 1. The van der Waals surface area contributed by atoms with Crippen LogP contribution in [0.4, 0.5) is 24.8 Å². The number of aliphatic hydroxyl groups is 1. The Morgan fingerprint density at radius 2 is 1.76 bits per heavy atom. The lowest BCUT2D eigenvalue weighted by Gasteiger charge is -2.34. The van der Waals surface area contributed by atoms with Crippen LogP contribution >= 0.6 is 11.3 Å². The molecule has 4 N–H and O–H groups in total. The first kappa shape index (κ1) is 29.5. The van der Waals surface area contributed by atoms with E-state index in [4.69, 9.17) is 5.11 Å². The number of carboxylic acids is 1. The maximum absolute atomic E-state index is 12.9. The molecule has 38 heavy (non-hydrogen) atoms. The molecule has 206 valence electrons. The third kappa shape index (κ3) is 7.71. The topological polar surface area (TPSA) is 120 Å². The van der Waals surface area contributed by atoms with Gasteiger partial charge in [0.1, 0.15) is 16.3 Å². The molecule has 1 aliphatic rings. The Hall–Kier alpha value is -3.09. The summed E-state index contributed by atoms with van der Waals surface area (Å²) < 4.78 is 38.6. The molecular weight excluding hydrogens is 519 g/mol. The molecule has 1 saturated heterocycles. The zero-order valence-electron chi connectivity index (χ0n) is 21.6. The summed E-state index contributed by atoms with van der Waals surface area (Å²) in [6.07, 6.45) is 0.0258. The van der Waals surface area contributed by atoms with E-state index in [-0.39, 0.29) is 11.9 Å². The monoisotopic (exact) mass is 551 g/mol. The first-order chi connectivity index (χ1) is 17.7. The van der Waals surface area contributed by atoms with Crippen molar-refractivity contribution in [2.45, 2.75) is 52.3 Å². The SMILES string of the molecule is CC(C)(C)C(=O)O.CC(O)(c1ncc(-c2cccc(Nc3nccc(C(F)(F)F)n3)c2)s1)C1CCNCC1. The van der Waals surface area contributed by atoms with Crippen molar-refractivity contribution in [2.75, 3.05) is 18.4 Å². The Balaban J connectivity index is 0.000000505. The molecule has 1 fully saturated rings. The van der Waals surface area contributed by atoms with Gasteiger partial charge in [0, 0.05) is 18.1 Å². The van der Waals surface area contributed by atoms with Crippen LogP contribution in [-0.2, 0) is 16.6 Å². The predicted molar refractivity (Wildman–Crippen MR) is 140 cm³/mol. The van der Waals surface area contributed by atoms with E-state index in [0.29, 0.717) is 10.7 Å². The number of hydrogen-bond donors (Lipinski definition) is 4. The lowest BCUT2D eigenvalue weighted by Crippen LogP contribution is -2.39. The fourth-order valence-corrected chi connectivity index (χ4v) is 4.69. The molecule has 0 saturated carbocycles. The third-order valence-corrected chi connectivity index (χ3v) is 7.34. The van der Waals surface area contributed by atoms with Gasteiger partial charge in [-0.05, 0) is 83.3 Å². The number of carbonyl (C=O) groups is 1.